The van der Waals surface area contributed by atoms with Crippen molar-refractivity contribution in [1.82, 2.24) is 0 Å². The lowest BCUT2D eigenvalue weighted by molar-refractivity contribution is -0.139. The predicted molar refractivity (Wildman–Crippen MR) is 33.1 cm³/mol. The van der Waals surface area contributed by atoms with Gasteiger partial charge in [0.15, 0.2) is 0 Å². The van der Waals surface area contributed by atoms with E-state index in [-0.39, 0.29) is 0 Å². The van der Waals surface area contributed by atoms with Crippen molar-refractivity contribution in [3.63, 3.8) is 0 Å². The van der Waals surface area contributed by atoms with Crippen molar-refractivity contribution in [3.8, 4) is 0 Å². The molecule has 0 aliphatic heterocycles. The van der Waals surface area contributed by atoms with Crippen LogP contribution in [0.1, 0.15) is 0 Å². The molecule has 4 N–H and O–H groups in total. The molecule has 0 rings (SSSR count). The van der Waals surface area contributed by atoms with Gasteiger partial charge >= 0.3 is 16.4 Å². The van der Waals surface area contributed by atoms with Crippen LogP contribution in [0.5, 0.6) is 0 Å². The summed E-state index contributed by atoms with van der Waals surface area (Å²) in [5.41, 5.74) is 4.94. The molecule has 0 radical (unpaired) electrons. The Morgan fingerprint density at radius 1 is 1.82 bits per heavy atom. The molecule has 1 atom stereocenters. The molecule has 0 heterocycles. The second kappa shape index (κ2) is 3.62. The molecule has 0 aromatic rings. The van der Waals surface area contributed by atoms with E-state index in [0.29, 0.717) is 0 Å². The summed E-state index contributed by atoms with van der Waals surface area (Å²) < 4.78 is 37.7. The number of aliphatic carboxylic acids is 1. The number of carbonyl (C=O) groups is 1. The molecule has 0 saturated heterocycles. The summed E-state index contributed by atoms with van der Waals surface area (Å²) in [6, 6.07) is -1.41. The van der Waals surface area contributed by atoms with E-state index in [1.54, 1.807) is 0 Å². The van der Waals surface area contributed by atoms with Gasteiger partial charge in [-0.2, -0.15) is 8.42 Å². The minimum atomic E-state index is -4.61. The summed E-state index contributed by atoms with van der Waals surface area (Å²) >= 11 is 0. The van der Waals surface area contributed by atoms with Crippen LogP contribution in [0.25, 0.3) is 1.43 Å². The second-order valence-electron chi connectivity index (χ2n) is 1.64. The molecular weight excluding hydrogens is 178 g/mol. The van der Waals surface area contributed by atoms with Gasteiger partial charge in [-0.3, -0.25) is 9.35 Å². The second-order valence-corrected chi connectivity index (χ2v) is 2.73. The van der Waals surface area contributed by atoms with Crippen LogP contribution < -0.4 is 5.73 Å². The smallest absolute Gasteiger partial charge is 0.397 e. The van der Waals surface area contributed by atoms with Crippen molar-refractivity contribution in [2.24, 2.45) is 5.73 Å². The highest BCUT2D eigenvalue weighted by Gasteiger charge is 2.15. The lowest BCUT2D eigenvalue weighted by Crippen LogP contribution is -2.35. The zero-order chi connectivity index (χ0) is 9.78. The predicted octanol–water partition coefficient (Wildman–Crippen LogP) is -1.78. The largest absolute Gasteiger partial charge is 0.480 e. The molecule has 0 aromatic carbocycles. The van der Waals surface area contributed by atoms with Gasteiger partial charge in [0.25, 0.3) is 1.43 Å². The van der Waals surface area contributed by atoms with Gasteiger partial charge in [-0.05, 0) is 0 Å². The molecule has 0 fully saturated rings. The first kappa shape index (κ1) is 8.40. The fourth-order valence-corrected chi connectivity index (χ4v) is 0.546. The van der Waals surface area contributed by atoms with Crippen molar-refractivity contribution < 1.29 is 27.1 Å². The number of carboxylic acids is 1. The van der Waals surface area contributed by atoms with Crippen LogP contribution in [0.2, 0.25) is 0 Å². The van der Waals surface area contributed by atoms with Gasteiger partial charge in [0.05, 0.1) is 6.61 Å². The van der Waals surface area contributed by atoms with Gasteiger partial charge in [0, 0.05) is 0 Å². The van der Waals surface area contributed by atoms with Crippen LogP contribution in [-0.4, -0.2) is 36.7 Å². The number of nitrogens with two attached hydrogens (primary N) is 1. The van der Waals surface area contributed by atoms with Crippen molar-refractivity contribution in [2.45, 2.75) is 6.04 Å². The van der Waals surface area contributed by atoms with E-state index >= 15 is 0 Å². The van der Waals surface area contributed by atoms with E-state index in [1.807, 2.05) is 0 Å². The third-order valence-corrected chi connectivity index (χ3v) is 1.13. The van der Waals surface area contributed by atoms with Gasteiger partial charge < -0.3 is 10.8 Å². The summed E-state index contributed by atoms with van der Waals surface area (Å²) in [4.78, 5) is 10.3. The number of rotatable bonds is 4. The van der Waals surface area contributed by atoms with E-state index < -0.39 is 29.0 Å². The zero-order valence-electron chi connectivity index (χ0n) is 6.26. The summed E-state index contributed by atoms with van der Waals surface area (Å²) in [5, 5.41) is 3.41. The number of hydrogen-bond acceptors (Lipinski definition) is 6. The Balaban J connectivity index is 3.88. The lowest BCUT2D eigenvalue weighted by Gasteiger charge is -2.03. The highest BCUT2D eigenvalue weighted by atomic mass is 32.3. The fraction of sp³-hybridized carbons (Fsp3) is 0.667. The first-order valence-electron chi connectivity index (χ1n) is 2.82. The Labute approximate surface area is 64.2 Å². The quantitative estimate of drug-likeness (QED) is 0.443. The van der Waals surface area contributed by atoms with Crippen LogP contribution in [0.4, 0.5) is 0 Å². The van der Waals surface area contributed by atoms with Gasteiger partial charge in [-0.15, -0.1) is 0 Å². The zero-order valence-corrected chi connectivity index (χ0v) is 6.08. The third-order valence-electron chi connectivity index (χ3n) is 0.699. The maximum Gasteiger partial charge on any atom is 0.397 e. The molecule has 11 heavy (non-hydrogen) atoms. The molecule has 0 bridgehead atoms. The van der Waals surface area contributed by atoms with E-state index in [2.05, 4.69) is 9.29 Å². The van der Waals surface area contributed by atoms with Gasteiger partial charge in [-0.1, -0.05) is 0 Å². The summed E-state index contributed by atoms with van der Waals surface area (Å²) in [5.74, 6) is -1.15. The van der Waals surface area contributed by atoms with E-state index in [0.717, 1.165) is 0 Å². The van der Waals surface area contributed by atoms with Crippen LogP contribution >= 0.6 is 0 Å². The van der Waals surface area contributed by atoms with Crippen molar-refractivity contribution in [3.05, 3.63) is 0 Å². The molecule has 0 spiro atoms. The lowest BCUT2D eigenvalue weighted by atomic mass is 10.3. The first-order chi connectivity index (χ1) is 5.37. The molecule has 0 aliphatic rings. The maximum absolute atomic E-state index is 10.3. The number of carboxylic acid groups (broad SMARTS) is 1. The fourth-order valence-electron chi connectivity index (χ4n) is 0.227. The van der Waals surface area contributed by atoms with Gasteiger partial charge in [-0.25, -0.2) is 4.18 Å². The molecule has 0 saturated carbocycles. The summed E-state index contributed by atoms with van der Waals surface area (Å²) in [6.07, 6.45) is 0. The summed E-state index contributed by atoms with van der Waals surface area (Å²) in [7, 11) is -4.61. The Kier molecular flexibility index (Phi) is 2.76. The third kappa shape index (κ3) is 5.73. The summed E-state index contributed by atoms with van der Waals surface area (Å²) in [6.45, 7) is -0.767. The van der Waals surface area contributed by atoms with Crippen LogP contribution in [0.3, 0.4) is 0 Å². The highest BCUT2D eigenvalue weighted by molar-refractivity contribution is 7.80. The van der Waals surface area contributed by atoms with Crippen molar-refractivity contribution in [1.29, 1.82) is 1.43 Å². The molecule has 0 amide bonds. The maximum atomic E-state index is 10.3. The molecule has 0 aromatic heterocycles. The minimum Gasteiger partial charge on any atom is -0.480 e. The van der Waals surface area contributed by atoms with E-state index in [4.69, 9.17) is 11.7 Å². The topological polar surface area (TPSA) is 127 Å². The molecule has 0 unspecified atom stereocenters. The Morgan fingerprint density at radius 3 is 2.73 bits per heavy atom. The normalized spacial score (nSPS) is 15.3. The van der Waals surface area contributed by atoms with Gasteiger partial charge in [0.1, 0.15) is 6.04 Å². The van der Waals surface area contributed by atoms with E-state index in [1.165, 1.54) is 0 Å². The number of hydrogen-bond donors (Lipinski definition) is 3. The Bertz CT molecular complexity index is 250. The van der Waals surface area contributed by atoms with Crippen LogP contribution in [0, 0.1) is 0 Å². The Hall–Kier alpha value is -0.700. The standard InChI is InChI=1S/C3H7NO6S/c4-2(3(5)6)1-10-11(7,8)9/h2H,1,4H2,(H,5,6)(H,7,8,9)/t2-/m0/s1/i/hD. The van der Waals surface area contributed by atoms with Gasteiger partial charge in [0.2, 0.25) is 0 Å². The molecule has 8 heteroatoms. The molecule has 0 aliphatic carbocycles. The average molecular weight is 186 g/mol. The minimum absolute atomic E-state index is 0.767. The van der Waals surface area contributed by atoms with Crippen molar-refractivity contribution >= 4 is 16.4 Å². The molecule has 66 valence electrons. The molecule has 7 nitrogen and oxygen atoms in total. The monoisotopic (exact) mass is 186 g/mol. The van der Waals surface area contributed by atoms with Crippen molar-refractivity contribution in [2.75, 3.05) is 6.61 Å². The van der Waals surface area contributed by atoms with Crippen LogP contribution in [-0.2, 0) is 19.4 Å². The highest BCUT2D eigenvalue weighted by Crippen LogP contribution is 1.88. The Morgan fingerprint density at radius 2 is 2.36 bits per heavy atom. The SMILES string of the molecule is [2H]OC(=O)[C@@H](N)COS(=O)(=O)O. The first-order valence-corrected chi connectivity index (χ1v) is 3.77. The van der Waals surface area contributed by atoms with Crippen LogP contribution in [0.15, 0.2) is 0 Å². The molecular formula is C3H7NO6S. The average Bonchev–Trinajstić information content (AvgIpc) is 1.97. The van der Waals surface area contributed by atoms with E-state index in [9.17, 15) is 13.2 Å².